The monoisotopic (exact) mass is 452 g/mol. The maximum absolute atomic E-state index is 13.3. The Morgan fingerprint density at radius 3 is 2.26 bits per heavy atom. The third-order valence-electron chi connectivity index (χ3n) is 5.63. The highest BCUT2D eigenvalue weighted by molar-refractivity contribution is 5.99. The van der Waals surface area contributed by atoms with Gasteiger partial charge in [-0.25, -0.2) is 9.97 Å². The molecule has 34 heavy (non-hydrogen) atoms. The van der Waals surface area contributed by atoms with Crippen LogP contribution in [0, 0.1) is 0 Å². The number of amides is 1. The molecule has 0 fully saturated rings. The van der Waals surface area contributed by atoms with Crippen LogP contribution >= 0.6 is 0 Å². The number of ether oxygens (including phenoxy) is 1. The van der Waals surface area contributed by atoms with Gasteiger partial charge in [0.05, 0.1) is 13.2 Å². The van der Waals surface area contributed by atoms with Gasteiger partial charge in [0.25, 0.3) is 5.91 Å². The second-order valence-electron chi connectivity index (χ2n) is 8.11. The second kappa shape index (κ2) is 10.6. The minimum atomic E-state index is -0.215. The van der Waals surface area contributed by atoms with Crippen molar-refractivity contribution in [2.45, 2.75) is 19.5 Å². The van der Waals surface area contributed by atoms with Gasteiger partial charge in [0.1, 0.15) is 17.1 Å². The van der Waals surface area contributed by atoms with Gasteiger partial charge in [-0.2, -0.15) is 0 Å². The van der Waals surface area contributed by atoms with Crippen molar-refractivity contribution < 1.29 is 9.53 Å². The number of anilines is 1. The summed E-state index contributed by atoms with van der Waals surface area (Å²) in [6, 6.07) is 27.4. The normalized spacial score (nSPS) is 11.5. The van der Waals surface area contributed by atoms with Crippen LogP contribution in [0.3, 0.4) is 0 Å². The van der Waals surface area contributed by atoms with Crippen molar-refractivity contribution in [3.63, 3.8) is 0 Å². The summed E-state index contributed by atoms with van der Waals surface area (Å²) in [6.45, 7) is 2.57. The Morgan fingerprint density at radius 2 is 1.62 bits per heavy atom. The van der Waals surface area contributed by atoms with Gasteiger partial charge >= 0.3 is 0 Å². The molecule has 4 aromatic rings. The number of methoxy groups -OCH3 is 1. The molecule has 0 spiro atoms. The standard InChI is InChI=1S/C28H28N4O2/c1-20(22-12-8-5-9-13-22)30-28(33)25-18-29-26(23-14-16-24(34-3)17-15-23)31-27(25)32(2)19-21-10-6-4-7-11-21/h4-18,20H,19H2,1-3H3,(H,30,33). The van der Waals surface area contributed by atoms with E-state index >= 15 is 0 Å². The molecule has 0 saturated carbocycles. The molecule has 0 aliphatic rings. The Labute approximate surface area is 200 Å². The predicted octanol–water partition coefficient (Wildman–Crippen LogP) is 5.28. The molecule has 1 aromatic heterocycles. The van der Waals surface area contributed by atoms with Crippen LogP contribution < -0.4 is 15.0 Å². The van der Waals surface area contributed by atoms with E-state index in [0.29, 0.717) is 23.8 Å². The minimum absolute atomic E-state index is 0.151. The minimum Gasteiger partial charge on any atom is -0.497 e. The van der Waals surface area contributed by atoms with Crippen LogP contribution in [0.2, 0.25) is 0 Å². The smallest absolute Gasteiger partial charge is 0.257 e. The third-order valence-corrected chi connectivity index (χ3v) is 5.63. The largest absolute Gasteiger partial charge is 0.497 e. The first-order valence-electron chi connectivity index (χ1n) is 11.2. The van der Waals surface area contributed by atoms with Gasteiger partial charge in [-0.05, 0) is 42.3 Å². The molecule has 0 bridgehead atoms. The number of carbonyl (C=O) groups is 1. The van der Waals surface area contributed by atoms with Crippen molar-refractivity contribution in [2.75, 3.05) is 19.1 Å². The highest BCUT2D eigenvalue weighted by atomic mass is 16.5. The molecule has 1 heterocycles. The molecular formula is C28H28N4O2. The molecule has 6 nitrogen and oxygen atoms in total. The molecule has 0 aliphatic carbocycles. The van der Waals surface area contributed by atoms with Crippen LogP contribution in [-0.2, 0) is 6.54 Å². The topological polar surface area (TPSA) is 67.3 Å². The number of carbonyl (C=O) groups excluding carboxylic acids is 1. The molecule has 1 amide bonds. The zero-order chi connectivity index (χ0) is 23.9. The molecule has 172 valence electrons. The molecule has 1 atom stereocenters. The SMILES string of the molecule is COc1ccc(-c2ncc(C(=O)NC(C)c3ccccc3)c(N(C)Cc3ccccc3)n2)cc1. The molecule has 3 aromatic carbocycles. The summed E-state index contributed by atoms with van der Waals surface area (Å²) in [5.74, 6) is 1.66. The van der Waals surface area contributed by atoms with E-state index in [1.54, 1.807) is 13.3 Å². The second-order valence-corrected chi connectivity index (χ2v) is 8.11. The van der Waals surface area contributed by atoms with Gasteiger partial charge in [0.2, 0.25) is 0 Å². The zero-order valence-corrected chi connectivity index (χ0v) is 19.6. The lowest BCUT2D eigenvalue weighted by atomic mass is 10.1. The van der Waals surface area contributed by atoms with E-state index < -0.39 is 0 Å². The number of hydrogen-bond acceptors (Lipinski definition) is 5. The van der Waals surface area contributed by atoms with Crippen molar-refractivity contribution in [2.24, 2.45) is 0 Å². The number of nitrogens with zero attached hydrogens (tertiary/aromatic N) is 3. The third kappa shape index (κ3) is 5.41. The molecule has 1 unspecified atom stereocenters. The van der Waals surface area contributed by atoms with Crippen molar-refractivity contribution in [3.05, 3.63) is 108 Å². The quantitative estimate of drug-likeness (QED) is 0.394. The van der Waals surface area contributed by atoms with Crippen LogP contribution in [0.25, 0.3) is 11.4 Å². The highest BCUT2D eigenvalue weighted by Crippen LogP contribution is 2.25. The molecule has 6 heteroatoms. The number of aromatic nitrogens is 2. The Balaban J connectivity index is 1.66. The Hall–Kier alpha value is -4.19. The molecule has 4 rings (SSSR count). The molecule has 0 radical (unpaired) electrons. The van der Waals surface area contributed by atoms with Crippen LogP contribution in [0.15, 0.2) is 91.1 Å². The predicted molar refractivity (Wildman–Crippen MR) is 135 cm³/mol. The Kier molecular flexibility index (Phi) is 7.18. The lowest BCUT2D eigenvalue weighted by Gasteiger charge is -2.22. The summed E-state index contributed by atoms with van der Waals surface area (Å²) in [7, 11) is 3.57. The van der Waals surface area contributed by atoms with Gasteiger partial charge in [-0.15, -0.1) is 0 Å². The first-order chi connectivity index (χ1) is 16.5. The maximum Gasteiger partial charge on any atom is 0.257 e. The maximum atomic E-state index is 13.3. The van der Waals surface area contributed by atoms with Crippen LogP contribution in [0.5, 0.6) is 5.75 Å². The first kappa shape index (κ1) is 23.0. The molecule has 0 saturated heterocycles. The van der Waals surface area contributed by atoms with E-state index in [4.69, 9.17) is 9.72 Å². The zero-order valence-electron chi connectivity index (χ0n) is 19.6. The van der Waals surface area contributed by atoms with Crippen molar-refractivity contribution in [3.8, 4) is 17.1 Å². The average molecular weight is 453 g/mol. The number of benzene rings is 3. The fourth-order valence-electron chi connectivity index (χ4n) is 3.73. The number of hydrogen-bond donors (Lipinski definition) is 1. The van der Waals surface area contributed by atoms with E-state index in [2.05, 4.69) is 22.4 Å². The molecule has 0 aliphatic heterocycles. The van der Waals surface area contributed by atoms with Crippen molar-refractivity contribution in [1.82, 2.24) is 15.3 Å². The van der Waals surface area contributed by atoms with Crippen molar-refractivity contribution in [1.29, 1.82) is 0 Å². The van der Waals surface area contributed by atoms with Crippen LogP contribution in [-0.4, -0.2) is 30.0 Å². The van der Waals surface area contributed by atoms with E-state index in [1.807, 2.05) is 91.7 Å². The lowest BCUT2D eigenvalue weighted by molar-refractivity contribution is 0.0939. The summed E-state index contributed by atoms with van der Waals surface area (Å²) in [6.07, 6.45) is 1.61. The average Bonchev–Trinajstić information content (AvgIpc) is 2.89. The Morgan fingerprint density at radius 1 is 0.971 bits per heavy atom. The van der Waals surface area contributed by atoms with Gasteiger partial charge in [0, 0.05) is 25.4 Å². The summed E-state index contributed by atoms with van der Waals surface area (Å²) in [5.41, 5.74) is 3.43. The summed E-state index contributed by atoms with van der Waals surface area (Å²) in [4.78, 5) is 24.6. The Bertz CT molecular complexity index is 1230. The van der Waals surface area contributed by atoms with E-state index in [1.165, 1.54) is 0 Å². The number of rotatable bonds is 8. The summed E-state index contributed by atoms with van der Waals surface area (Å²) >= 11 is 0. The van der Waals surface area contributed by atoms with Gasteiger partial charge in [-0.1, -0.05) is 60.7 Å². The van der Waals surface area contributed by atoms with Gasteiger partial charge < -0.3 is 15.0 Å². The first-order valence-corrected chi connectivity index (χ1v) is 11.2. The van der Waals surface area contributed by atoms with Crippen LogP contribution in [0.1, 0.15) is 34.5 Å². The summed E-state index contributed by atoms with van der Waals surface area (Å²) < 4.78 is 5.26. The fraction of sp³-hybridized carbons (Fsp3) is 0.179. The van der Waals surface area contributed by atoms with Crippen molar-refractivity contribution >= 4 is 11.7 Å². The fourth-order valence-corrected chi connectivity index (χ4v) is 3.73. The number of nitrogens with one attached hydrogen (secondary N) is 1. The molecule has 1 N–H and O–H groups in total. The molecular weight excluding hydrogens is 424 g/mol. The van der Waals surface area contributed by atoms with Gasteiger partial charge in [-0.3, -0.25) is 4.79 Å². The van der Waals surface area contributed by atoms with Crippen LogP contribution in [0.4, 0.5) is 5.82 Å². The summed E-state index contributed by atoms with van der Waals surface area (Å²) in [5, 5.41) is 3.08. The lowest BCUT2D eigenvalue weighted by Crippen LogP contribution is -2.30. The van der Waals surface area contributed by atoms with E-state index in [-0.39, 0.29) is 11.9 Å². The highest BCUT2D eigenvalue weighted by Gasteiger charge is 2.20. The van der Waals surface area contributed by atoms with E-state index in [0.717, 1.165) is 22.4 Å². The van der Waals surface area contributed by atoms with Gasteiger partial charge in [0.15, 0.2) is 5.82 Å². The van der Waals surface area contributed by atoms with E-state index in [9.17, 15) is 4.79 Å².